The molecule has 5 N–H and O–H groups in total. The van der Waals surface area contributed by atoms with Gasteiger partial charge in [0, 0.05) is 12.4 Å². The maximum absolute atomic E-state index is 12.8. The number of aryl methyl sites for hydroxylation is 1. The third-order valence-electron chi connectivity index (χ3n) is 6.59. The van der Waals surface area contributed by atoms with Crippen LogP contribution in [0, 0.1) is 18.3 Å². The highest BCUT2D eigenvalue weighted by Crippen LogP contribution is 2.69. The van der Waals surface area contributed by atoms with Crippen LogP contribution in [0.4, 0.5) is 14.6 Å². The van der Waals surface area contributed by atoms with E-state index >= 15 is 0 Å². The molecule has 1 amide bonds. The summed E-state index contributed by atoms with van der Waals surface area (Å²) in [6, 6.07) is 1.30. The molecule has 192 valence electrons. The molecule has 2 aliphatic rings. The van der Waals surface area contributed by atoms with Crippen LogP contribution < -0.4 is 15.8 Å². The normalized spacial score (nSPS) is 27.8. The fourth-order valence-electron chi connectivity index (χ4n) is 4.49. The summed E-state index contributed by atoms with van der Waals surface area (Å²) in [6.45, 7) is 4.46. The van der Waals surface area contributed by atoms with Crippen molar-refractivity contribution in [1.82, 2.24) is 14.3 Å². The van der Waals surface area contributed by atoms with Crippen LogP contribution in [0.3, 0.4) is 0 Å². The van der Waals surface area contributed by atoms with Gasteiger partial charge in [0.05, 0.1) is 6.20 Å². The monoisotopic (exact) mass is 530 g/mol. The van der Waals surface area contributed by atoms with Crippen LogP contribution in [0.25, 0.3) is 0 Å². The Bertz CT molecular complexity index is 1190. The Morgan fingerprint density at radius 2 is 2.06 bits per heavy atom. The van der Waals surface area contributed by atoms with Crippen LogP contribution in [0.15, 0.2) is 22.6 Å². The van der Waals surface area contributed by atoms with Crippen LogP contribution in [0.1, 0.15) is 48.3 Å². The van der Waals surface area contributed by atoms with E-state index in [1.54, 1.807) is 19.2 Å². The number of alkyl halides is 2. The number of nitrogens with one attached hydrogen (secondary N) is 1. The smallest absolute Gasteiger partial charge is 0.387 e. The number of amides is 1. The molecule has 0 unspecified atom stereocenters. The summed E-state index contributed by atoms with van der Waals surface area (Å²) in [5, 5.41) is 4.10. The third-order valence-corrected chi connectivity index (χ3v) is 10.1. The number of thiazole rings is 1. The highest BCUT2D eigenvalue weighted by Gasteiger charge is 2.64. The Kier molecular flexibility index (Phi) is 6.23. The van der Waals surface area contributed by atoms with Gasteiger partial charge in [0.2, 0.25) is 5.96 Å². The van der Waals surface area contributed by atoms with Crippen molar-refractivity contribution in [2.24, 2.45) is 22.1 Å². The van der Waals surface area contributed by atoms with Crippen molar-refractivity contribution in [2.45, 2.75) is 51.5 Å². The Morgan fingerprint density at radius 1 is 1.40 bits per heavy atom. The first-order valence-electron chi connectivity index (χ1n) is 10.7. The summed E-state index contributed by atoms with van der Waals surface area (Å²) in [4.78, 5) is 25.9. The highest BCUT2D eigenvalue weighted by molar-refractivity contribution is 8.23. The number of carbonyl (C=O) groups is 1. The van der Waals surface area contributed by atoms with E-state index in [9.17, 15) is 22.7 Å². The maximum atomic E-state index is 12.8. The SMILES string of the molecule is Cc1cc(OC(F)F)cnc1C(=O)Nc1csc([C@@]2(C)N=C(N)N(C)S(O)(O)[C@@H]2[C@@H]2CC2(C)C)n1. The van der Waals surface area contributed by atoms with Crippen molar-refractivity contribution < 1.29 is 27.4 Å². The summed E-state index contributed by atoms with van der Waals surface area (Å²) < 4.78 is 52.7. The number of carbonyl (C=O) groups excluding carboxylic acids is 1. The number of anilines is 1. The Balaban J connectivity index is 1.61. The molecule has 2 aromatic heterocycles. The van der Waals surface area contributed by atoms with Crippen LogP contribution >= 0.6 is 22.1 Å². The third kappa shape index (κ3) is 4.55. The van der Waals surface area contributed by atoms with Gasteiger partial charge in [0.1, 0.15) is 33.1 Å². The fraction of sp³-hybridized carbons (Fsp3) is 0.524. The number of nitrogens with zero attached hydrogens (tertiary/aromatic N) is 4. The lowest BCUT2D eigenvalue weighted by Gasteiger charge is -2.55. The Hall–Kier alpha value is -2.55. The fourth-order valence-corrected chi connectivity index (χ4v) is 7.80. The molecule has 2 aromatic rings. The predicted molar refractivity (Wildman–Crippen MR) is 131 cm³/mol. The number of pyridine rings is 1. The molecule has 4 rings (SSSR count). The molecular formula is C21H28F2N6O4S2. The van der Waals surface area contributed by atoms with E-state index in [0.717, 1.165) is 12.6 Å². The molecule has 14 heteroatoms. The van der Waals surface area contributed by atoms with Gasteiger partial charge in [0.15, 0.2) is 0 Å². The van der Waals surface area contributed by atoms with Crippen molar-refractivity contribution in [3.05, 3.63) is 33.9 Å². The van der Waals surface area contributed by atoms with Crippen molar-refractivity contribution in [1.29, 1.82) is 0 Å². The molecule has 0 radical (unpaired) electrons. The number of nitrogens with two attached hydrogens (primary N) is 1. The molecule has 0 spiro atoms. The Morgan fingerprint density at radius 3 is 2.63 bits per heavy atom. The van der Waals surface area contributed by atoms with Gasteiger partial charge < -0.3 is 15.8 Å². The Labute approximate surface area is 207 Å². The summed E-state index contributed by atoms with van der Waals surface area (Å²) in [6.07, 6.45) is 1.85. The minimum absolute atomic E-state index is 0.00563. The quantitative estimate of drug-likeness (QED) is 0.433. The molecule has 1 fully saturated rings. The van der Waals surface area contributed by atoms with E-state index < -0.39 is 34.1 Å². The van der Waals surface area contributed by atoms with Crippen LogP contribution in [-0.4, -0.2) is 54.2 Å². The van der Waals surface area contributed by atoms with E-state index in [0.29, 0.717) is 10.6 Å². The minimum atomic E-state index is -3.31. The van der Waals surface area contributed by atoms with Gasteiger partial charge in [-0.2, -0.15) is 8.78 Å². The van der Waals surface area contributed by atoms with Crippen LogP contribution in [0.5, 0.6) is 5.75 Å². The molecule has 3 atom stereocenters. The van der Waals surface area contributed by atoms with Gasteiger partial charge in [-0.3, -0.25) is 13.9 Å². The van der Waals surface area contributed by atoms with E-state index in [4.69, 9.17) is 5.73 Å². The lowest BCUT2D eigenvalue weighted by atomic mass is 9.92. The summed E-state index contributed by atoms with van der Waals surface area (Å²) in [5.41, 5.74) is 5.23. The van der Waals surface area contributed by atoms with Crippen molar-refractivity contribution >= 4 is 39.8 Å². The molecule has 1 saturated carbocycles. The molecule has 10 nitrogen and oxygen atoms in total. The number of ether oxygens (including phenoxy) is 1. The summed E-state index contributed by atoms with van der Waals surface area (Å²) in [5.74, 6) is -0.524. The number of guanidine groups is 1. The largest absolute Gasteiger partial charge is 0.433 e. The number of aliphatic imine (C=N–C) groups is 1. The highest BCUT2D eigenvalue weighted by atomic mass is 32.3. The van der Waals surface area contributed by atoms with Crippen LogP contribution in [-0.2, 0) is 5.54 Å². The van der Waals surface area contributed by atoms with E-state index in [1.807, 2.05) is 0 Å². The average molecular weight is 531 g/mol. The van der Waals surface area contributed by atoms with E-state index in [-0.39, 0.29) is 34.6 Å². The van der Waals surface area contributed by atoms with Crippen molar-refractivity contribution in [3.8, 4) is 5.75 Å². The standard InChI is InChI=1S/C21H28F2N6O4S2/c1-10-6-11(33-18(22)23)8-25-14(10)16(30)26-13-9-34-17(27-13)21(4)15(12-7-20(12,2)3)35(31,32)29(5)19(24)28-21/h6,8-9,12,15,18,31-32H,7H2,1-5H3,(H2,24,28)(H,26,30)/t12-,15+,21-/m0/s1. The number of hydrogen-bond acceptors (Lipinski definition) is 10. The first-order valence-corrected chi connectivity index (χ1v) is 13.2. The molecule has 3 heterocycles. The molecule has 0 aromatic carbocycles. The maximum Gasteiger partial charge on any atom is 0.387 e. The second-order valence-electron chi connectivity index (χ2n) is 9.60. The van der Waals surface area contributed by atoms with Gasteiger partial charge in [-0.15, -0.1) is 22.1 Å². The lowest BCUT2D eigenvalue weighted by Crippen LogP contribution is -2.54. The second kappa shape index (κ2) is 8.54. The zero-order valence-electron chi connectivity index (χ0n) is 19.8. The topological polar surface area (TPSA) is 146 Å². The van der Waals surface area contributed by atoms with Gasteiger partial charge in [-0.25, -0.2) is 19.3 Å². The molecule has 1 aliphatic heterocycles. The average Bonchev–Trinajstić information content (AvgIpc) is 3.11. The summed E-state index contributed by atoms with van der Waals surface area (Å²) >= 11 is 1.22. The van der Waals surface area contributed by atoms with Crippen LogP contribution in [0.2, 0.25) is 0 Å². The number of aromatic nitrogens is 2. The molecule has 1 aliphatic carbocycles. The molecule has 0 saturated heterocycles. The van der Waals surface area contributed by atoms with Gasteiger partial charge in [-0.05, 0) is 43.2 Å². The summed E-state index contributed by atoms with van der Waals surface area (Å²) in [7, 11) is -1.80. The second-order valence-corrected chi connectivity index (χ2v) is 12.6. The number of rotatable bonds is 6. The van der Waals surface area contributed by atoms with Crippen molar-refractivity contribution in [2.75, 3.05) is 12.4 Å². The number of hydrogen-bond donors (Lipinski definition) is 4. The van der Waals surface area contributed by atoms with Gasteiger partial charge in [0.25, 0.3) is 5.91 Å². The predicted octanol–water partition coefficient (Wildman–Crippen LogP) is 4.26. The molecular weight excluding hydrogens is 502 g/mol. The van der Waals surface area contributed by atoms with Gasteiger partial charge in [-0.1, -0.05) is 13.8 Å². The minimum Gasteiger partial charge on any atom is -0.433 e. The first-order chi connectivity index (χ1) is 16.2. The molecule has 35 heavy (non-hydrogen) atoms. The number of halogens is 2. The zero-order chi connectivity index (χ0) is 25.9. The lowest BCUT2D eigenvalue weighted by molar-refractivity contribution is -0.0501. The zero-order valence-corrected chi connectivity index (χ0v) is 21.5. The first kappa shape index (κ1) is 25.5. The van der Waals surface area contributed by atoms with E-state index in [1.165, 1.54) is 28.8 Å². The molecule has 0 bridgehead atoms. The van der Waals surface area contributed by atoms with Crippen molar-refractivity contribution in [3.63, 3.8) is 0 Å². The van der Waals surface area contributed by atoms with E-state index in [2.05, 4.69) is 38.9 Å². The van der Waals surface area contributed by atoms with Gasteiger partial charge >= 0.3 is 6.61 Å².